The Labute approximate surface area is 198 Å². The van der Waals surface area contributed by atoms with Crippen LogP contribution in [0.15, 0.2) is 33.6 Å². The van der Waals surface area contributed by atoms with E-state index in [1.165, 1.54) is 0 Å². The van der Waals surface area contributed by atoms with Gasteiger partial charge in [-0.1, -0.05) is 39.3 Å². The van der Waals surface area contributed by atoms with Gasteiger partial charge >= 0.3 is 0 Å². The van der Waals surface area contributed by atoms with Crippen molar-refractivity contribution in [1.82, 2.24) is 15.4 Å². The Hall–Kier alpha value is -1.25. The molecule has 0 spiro atoms. The molecule has 0 radical (unpaired) electrons. The maximum Gasteiger partial charge on any atom is 0.240 e. The molecule has 0 aliphatic heterocycles. The SMILES string of the molecule is CC(C)NC(=O)C(C)C.CC1CCCC1NC(=O)C(C)(C)NS(=O)c1ccccc1Br. The van der Waals surface area contributed by atoms with Crippen LogP contribution in [0, 0.1) is 11.8 Å². The topological polar surface area (TPSA) is 87.3 Å². The molecule has 8 heteroatoms. The van der Waals surface area contributed by atoms with Crippen molar-refractivity contribution in [1.29, 1.82) is 0 Å². The maximum absolute atomic E-state index is 12.5. The third-order valence-electron chi connectivity index (χ3n) is 5.09. The van der Waals surface area contributed by atoms with E-state index in [0.29, 0.717) is 10.8 Å². The van der Waals surface area contributed by atoms with Gasteiger partial charge in [-0.15, -0.1) is 0 Å². The molecule has 3 N–H and O–H groups in total. The molecule has 1 aliphatic carbocycles. The van der Waals surface area contributed by atoms with Crippen molar-refractivity contribution < 1.29 is 13.8 Å². The van der Waals surface area contributed by atoms with E-state index in [1.54, 1.807) is 19.9 Å². The summed E-state index contributed by atoms with van der Waals surface area (Å²) in [5.74, 6) is 0.637. The van der Waals surface area contributed by atoms with Crippen LogP contribution >= 0.6 is 15.9 Å². The summed E-state index contributed by atoms with van der Waals surface area (Å²) in [7, 11) is -1.45. The van der Waals surface area contributed by atoms with Crippen LogP contribution in [-0.2, 0) is 20.6 Å². The summed E-state index contributed by atoms with van der Waals surface area (Å²) in [6.07, 6.45) is 3.33. The number of hydrogen-bond donors (Lipinski definition) is 3. The fourth-order valence-corrected chi connectivity index (χ4v) is 4.93. The molecule has 176 valence electrons. The number of amides is 2. The Morgan fingerprint density at radius 1 is 1.13 bits per heavy atom. The second kappa shape index (κ2) is 12.7. The number of nitrogens with one attached hydrogen (secondary N) is 3. The van der Waals surface area contributed by atoms with E-state index in [-0.39, 0.29) is 29.8 Å². The van der Waals surface area contributed by atoms with Crippen LogP contribution < -0.4 is 15.4 Å². The van der Waals surface area contributed by atoms with Gasteiger partial charge in [0.05, 0.1) is 4.90 Å². The van der Waals surface area contributed by atoms with Crippen LogP contribution in [0.3, 0.4) is 0 Å². The molecule has 31 heavy (non-hydrogen) atoms. The number of rotatable bonds is 7. The second-order valence-corrected chi connectivity index (χ2v) is 11.3. The highest BCUT2D eigenvalue weighted by molar-refractivity contribution is 9.10. The molecular weight excluding hydrogens is 478 g/mol. The molecule has 3 atom stereocenters. The average molecular weight is 517 g/mol. The molecule has 2 amide bonds. The molecule has 1 aromatic carbocycles. The lowest BCUT2D eigenvalue weighted by Crippen LogP contribution is -2.55. The lowest BCUT2D eigenvalue weighted by molar-refractivity contribution is -0.126. The number of carbonyl (C=O) groups excluding carboxylic acids is 2. The monoisotopic (exact) mass is 515 g/mol. The third-order valence-corrected chi connectivity index (χ3v) is 7.49. The fraction of sp³-hybridized carbons (Fsp3) is 0.652. The van der Waals surface area contributed by atoms with E-state index < -0.39 is 16.5 Å². The van der Waals surface area contributed by atoms with Gasteiger partial charge in [0.1, 0.15) is 16.5 Å². The van der Waals surface area contributed by atoms with E-state index >= 15 is 0 Å². The van der Waals surface area contributed by atoms with Gasteiger partial charge in [0.25, 0.3) is 0 Å². The molecule has 1 aliphatic rings. The molecule has 1 aromatic rings. The van der Waals surface area contributed by atoms with E-state index in [4.69, 9.17) is 0 Å². The van der Waals surface area contributed by atoms with Gasteiger partial charge in [-0.05, 0) is 74.5 Å². The minimum absolute atomic E-state index is 0.104. The zero-order valence-corrected chi connectivity index (χ0v) is 22.2. The minimum Gasteiger partial charge on any atom is -0.354 e. The predicted octanol–water partition coefficient (Wildman–Crippen LogP) is 4.31. The normalized spacial score (nSPS) is 19.5. The van der Waals surface area contributed by atoms with Gasteiger partial charge in [0.15, 0.2) is 0 Å². The fourth-order valence-electron chi connectivity index (χ4n) is 3.09. The number of halogens is 1. The number of benzene rings is 1. The molecule has 0 saturated heterocycles. The first-order chi connectivity index (χ1) is 14.3. The first-order valence-corrected chi connectivity index (χ1v) is 12.8. The summed E-state index contributed by atoms with van der Waals surface area (Å²) in [6, 6.07) is 7.80. The van der Waals surface area contributed by atoms with Crippen LogP contribution in [0.25, 0.3) is 0 Å². The lowest BCUT2D eigenvalue weighted by atomic mass is 10.0. The first-order valence-electron chi connectivity index (χ1n) is 10.9. The summed E-state index contributed by atoms with van der Waals surface area (Å²) in [4.78, 5) is 24.0. The molecule has 0 aromatic heterocycles. The standard InChI is InChI=1S/C16H23BrN2O2S.C7H15NO/c1-11-7-6-9-13(11)18-15(20)16(2,3)19-22(21)14-10-5-4-8-12(14)17;1-5(2)7(9)8-6(3)4/h4-5,8,10-11,13,19H,6-7,9H2,1-3H3,(H,18,20);5-6H,1-4H3,(H,8,9). The summed E-state index contributed by atoms with van der Waals surface area (Å²) in [5.41, 5.74) is -0.900. The molecule has 2 rings (SSSR count). The Morgan fingerprint density at radius 2 is 1.74 bits per heavy atom. The van der Waals surface area contributed by atoms with Gasteiger partial charge in [-0.25, -0.2) is 8.93 Å². The van der Waals surface area contributed by atoms with Crippen LogP contribution in [0.1, 0.15) is 67.7 Å². The van der Waals surface area contributed by atoms with Gasteiger partial charge in [0, 0.05) is 22.5 Å². The maximum atomic E-state index is 12.5. The van der Waals surface area contributed by atoms with Crippen molar-refractivity contribution in [3.63, 3.8) is 0 Å². The van der Waals surface area contributed by atoms with E-state index in [2.05, 4.69) is 38.2 Å². The Balaban J connectivity index is 0.000000452. The molecule has 0 bridgehead atoms. The lowest BCUT2D eigenvalue weighted by Gasteiger charge is -2.28. The van der Waals surface area contributed by atoms with Crippen molar-refractivity contribution >= 4 is 38.7 Å². The Bertz CT molecular complexity index is 768. The highest BCUT2D eigenvalue weighted by atomic mass is 79.9. The van der Waals surface area contributed by atoms with Crippen molar-refractivity contribution in [2.75, 3.05) is 0 Å². The minimum atomic E-state index is -1.45. The van der Waals surface area contributed by atoms with E-state index in [0.717, 1.165) is 23.7 Å². The highest BCUT2D eigenvalue weighted by Crippen LogP contribution is 2.25. The zero-order chi connectivity index (χ0) is 23.8. The number of hydrogen-bond acceptors (Lipinski definition) is 3. The molecule has 3 unspecified atom stereocenters. The zero-order valence-electron chi connectivity index (χ0n) is 19.8. The predicted molar refractivity (Wildman–Crippen MR) is 131 cm³/mol. The van der Waals surface area contributed by atoms with Crippen molar-refractivity contribution in [2.45, 2.75) is 90.2 Å². The van der Waals surface area contributed by atoms with Crippen LogP contribution in [0.4, 0.5) is 0 Å². The second-order valence-electron chi connectivity index (χ2n) is 9.23. The van der Waals surface area contributed by atoms with E-state index in [9.17, 15) is 13.8 Å². The Morgan fingerprint density at radius 3 is 2.19 bits per heavy atom. The van der Waals surface area contributed by atoms with Crippen molar-refractivity contribution in [2.24, 2.45) is 11.8 Å². The van der Waals surface area contributed by atoms with Crippen LogP contribution in [0.5, 0.6) is 0 Å². The molecule has 6 nitrogen and oxygen atoms in total. The van der Waals surface area contributed by atoms with Gasteiger partial charge in [-0.3, -0.25) is 9.59 Å². The van der Waals surface area contributed by atoms with Crippen LogP contribution in [0.2, 0.25) is 0 Å². The van der Waals surface area contributed by atoms with Gasteiger partial charge < -0.3 is 10.6 Å². The summed E-state index contributed by atoms with van der Waals surface area (Å²) in [6.45, 7) is 13.4. The van der Waals surface area contributed by atoms with Crippen molar-refractivity contribution in [3.8, 4) is 0 Å². The quantitative estimate of drug-likeness (QED) is 0.505. The summed E-state index contributed by atoms with van der Waals surface area (Å²) < 4.78 is 16.2. The molecule has 1 saturated carbocycles. The smallest absolute Gasteiger partial charge is 0.240 e. The van der Waals surface area contributed by atoms with E-state index in [1.807, 2.05) is 45.9 Å². The largest absolute Gasteiger partial charge is 0.354 e. The summed E-state index contributed by atoms with van der Waals surface area (Å²) >= 11 is 3.39. The third kappa shape index (κ3) is 9.41. The van der Waals surface area contributed by atoms with Crippen LogP contribution in [-0.4, -0.2) is 33.6 Å². The van der Waals surface area contributed by atoms with Gasteiger partial charge in [-0.2, -0.15) is 0 Å². The average Bonchev–Trinajstić information content (AvgIpc) is 3.06. The molecule has 1 fully saturated rings. The first kappa shape index (κ1) is 27.8. The number of carbonyl (C=O) groups is 2. The highest BCUT2D eigenvalue weighted by Gasteiger charge is 2.34. The molecular formula is C23H38BrN3O3S. The molecule has 0 heterocycles. The summed E-state index contributed by atoms with van der Waals surface area (Å²) in [5, 5.41) is 5.90. The Kier molecular flexibility index (Phi) is 11.4. The van der Waals surface area contributed by atoms with Gasteiger partial charge in [0.2, 0.25) is 11.8 Å². The van der Waals surface area contributed by atoms with Crippen molar-refractivity contribution in [3.05, 3.63) is 28.7 Å².